The number of carbonyl (C=O) groups is 2. The second kappa shape index (κ2) is 6.21. The van der Waals surface area contributed by atoms with Crippen LogP contribution >= 0.6 is 11.3 Å². The maximum atomic E-state index is 12.3. The Labute approximate surface area is 137 Å². The van der Waals surface area contributed by atoms with Crippen LogP contribution in [0, 0.1) is 6.92 Å². The molecule has 3 rings (SSSR count). The van der Waals surface area contributed by atoms with Crippen LogP contribution in [0.15, 0.2) is 35.8 Å². The molecule has 0 radical (unpaired) electrons. The molecule has 0 saturated carbocycles. The molecular formula is C16H16N4O2S. The van der Waals surface area contributed by atoms with Crippen molar-refractivity contribution in [1.82, 2.24) is 20.2 Å². The van der Waals surface area contributed by atoms with Gasteiger partial charge < -0.3 is 0 Å². The van der Waals surface area contributed by atoms with Crippen LogP contribution in [0.3, 0.4) is 0 Å². The highest BCUT2D eigenvalue weighted by atomic mass is 32.1. The molecule has 0 bridgehead atoms. The van der Waals surface area contributed by atoms with E-state index in [-0.39, 0.29) is 11.8 Å². The molecule has 0 unspecified atom stereocenters. The third-order valence-electron chi connectivity index (χ3n) is 3.46. The topological polar surface area (TPSA) is 75.5 Å². The molecule has 2 N–H and O–H groups in total. The van der Waals surface area contributed by atoms with Crippen LogP contribution in [0.1, 0.15) is 29.4 Å². The fourth-order valence-electron chi connectivity index (χ4n) is 2.17. The minimum absolute atomic E-state index is 0.241. The summed E-state index contributed by atoms with van der Waals surface area (Å²) in [7, 11) is 0. The Morgan fingerprint density at radius 2 is 1.96 bits per heavy atom. The molecule has 0 aliphatic heterocycles. The number of nitrogens with one attached hydrogen (secondary N) is 2. The van der Waals surface area contributed by atoms with E-state index in [1.807, 2.05) is 31.2 Å². The summed E-state index contributed by atoms with van der Waals surface area (Å²) in [4.78, 5) is 28.7. The predicted octanol–water partition coefficient (Wildman–Crippen LogP) is 2.54. The Morgan fingerprint density at radius 3 is 2.65 bits per heavy atom. The summed E-state index contributed by atoms with van der Waals surface area (Å²) in [5.41, 5.74) is 8.23. The number of aromatic nitrogens is 2. The van der Waals surface area contributed by atoms with Crippen LogP contribution in [0.25, 0.3) is 16.2 Å². The number of amides is 2. The molecule has 0 atom stereocenters. The predicted molar refractivity (Wildman–Crippen MR) is 89.1 cm³/mol. The first-order valence-electron chi connectivity index (χ1n) is 7.21. The number of hydrogen-bond donors (Lipinski definition) is 2. The Bertz CT molecular complexity index is 864. The molecule has 23 heavy (non-hydrogen) atoms. The SMILES string of the molecule is CCC(=O)NNC(=O)c1csc2ncc(-c3ccc(C)cc3)n12. The van der Waals surface area contributed by atoms with Crippen molar-refractivity contribution in [2.45, 2.75) is 20.3 Å². The second-order valence-corrected chi connectivity index (χ2v) is 5.94. The maximum Gasteiger partial charge on any atom is 0.287 e. The van der Waals surface area contributed by atoms with E-state index in [0.29, 0.717) is 12.1 Å². The van der Waals surface area contributed by atoms with Crippen molar-refractivity contribution in [3.63, 3.8) is 0 Å². The number of hydrazine groups is 1. The van der Waals surface area contributed by atoms with Crippen LogP contribution in [0.5, 0.6) is 0 Å². The first-order chi connectivity index (χ1) is 11.1. The minimum atomic E-state index is -0.371. The van der Waals surface area contributed by atoms with Crippen molar-refractivity contribution in [3.05, 3.63) is 47.1 Å². The number of rotatable bonds is 3. The highest BCUT2D eigenvalue weighted by molar-refractivity contribution is 7.15. The smallest absolute Gasteiger partial charge is 0.278 e. The lowest BCUT2D eigenvalue weighted by Crippen LogP contribution is -2.41. The number of carbonyl (C=O) groups excluding carboxylic acids is 2. The fraction of sp³-hybridized carbons (Fsp3) is 0.188. The Hall–Kier alpha value is -2.67. The maximum absolute atomic E-state index is 12.3. The molecule has 1 aromatic carbocycles. The van der Waals surface area contributed by atoms with E-state index in [1.54, 1.807) is 22.9 Å². The largest absolute Gasteiger partial charge is 0.287 e. The van der Waals surface area contributed by atoms with Gasteiger partial charge in [0.1, 0.15) is 5.69 Å². The molecule has 0 aliphatic rings. The highest BCUT2D eigenvalue weighted by Gasteiger charge is 2.17. The van der Waals surface area contributed by atoms with E-state index in [0.717, 1.165) is 16.2 Å². The van der Waals surface area contributed by atoms with Gasteiger partial charge in [0.05, 0.1) is 11.9 Å². The standard InChI is InChI=1S/C16H16N4O2S/c1-3-14(21)18-19-15(22)13-9-23-16-17-8-12(20(13)16)11-6-4-10(2)5-7-11/h4-9H,3H2,1-2H3,(H,18,21)(H,19,22). The zero-order valence-corrected chi connectivity index (χ0v) is 13.6. The van der Waals surface area contributed by atoms with E-state index >= 15 is 0 Å². The molecule has 7 heteroatoms. The molecule has 2 amide bonds. The van der Waals surface area contributed by atoms with Gasteiger partial charge in [-0.3, -0.25) is 24.8 Å². The fourth-order valence-corrected chi connectivity index (χ4v) is 3.02. The first-order valence-corrected chi connectivity index (χ1v) is 8.09. The molecule has 6 nitrogen and oxygen atoms in total. The van der Waals surface area contributed by atoms with Gasteiger partial charge in [-0.05, 0) is 6.92 Å². The number of fused-ring (bicyclic) bond motifs is 1. The molecule has 0 saturated heterocycles. The normalized spacial score (nSPS) is 10.7. The number of hydrogen-bond acceptors (Lipinski definition) is 4. The van der Waals surface area contributed by atoms with Gasteiger partial charge in [0.2, 0.25) is 5.91 Å². The highest BCUT2D eigenvalue weighted by Crippen LogP contribution is 2.26. The summed E-state index contributed by atoms with van der Waals surface area (Å²) in [5.74, 6) is -0.612. The monoisotopic (exact) mass is 328 g/mol. The molecule has 2 heterocycles. The summed E-state index contributed by atoms with van der Waals surface area (Å²) in [5, 5.41) is 1.73. The third-order valence-corrected chi connectivity index (χ3v) is 4.30. The minimum Gasteiger partial charge on any atom is -0.278 e. The first kappa shape index (κ1) is 15.2. The van der Waals surface area contributed by atoms with Crippen molar-refractivity contribution in [3.8, 4) is 11.3 Å². The quantitative estimate of drug-likeness (QED) is 0.726. The van der Waals surface area contributed by atoms with E-state index in [4.69, 9.17) is 0 Å². The van der Waals surface area contributed by atoms with Crippen LogP contribution in [0.2, 0.25) is 0 Å². The summed E-state index contributed by atoms with van der Waals surface area (Å²) < 4.78 is 1.79. The average molecular weight is 328 g/mol. The van der Waals surface area contributed by atoms with Gasteiger partial charge in [0.15, 0.2) is 4.96 Å². The molecule has 118 valence electrons. The van der Waals surface area contributed by atoms with E-state index in [2.05, 4.69) is 15.8 Å². The summed E-state index contributed by atoms with van der Waals surface area (Å²) >= 11 is 1.38. The van der Waals surface area contributed by atoms with Gasteiger partial charge in [-0.2, -0.15) is 0 Å². The van der Waals surface area contributed by atoms with Gasteiger partial charge >= 0.3 is 0 Å². The van der Waals surface area contributed by atoms with Gasteiger partial charge in [-0.25, -0.2) is 4.98 Å². The lowest BCUT2D eigenvalue weighted by molar-refractivity contribution is -0.121. The number of thiazole rings is 1. The second-order valence-electron chi connectivity index (χ2n) is 5.10. The van der Waals surface area contributed by atoms with Crippen molar-refractivity contribution in [2.24, 2.45) is 0 Å². The van der Waals surface area contributed by atoms with Crippen molar-refractivity contribution < 1.29 is 9.59 Å². The molecule has 0 fully saturated rings. The van der Waals surface area contributed by atoms with Gasteiger partial charge in [-0.15, -0.1) is 11.3 Å². The zero-order valence-electron chi connectivity index (χ0n) is 12.8. The summed E-state index contributed by atoms with van der Waals surface area (Å²) in [6.45, 7) is 3.74. The molecule has 0 aliphatic carbocycles. The van der Waals surface area contributed by atoms with Crippen LogP contribution in [0.4, 0.5) is 0 Å². The van der Waals surface area contributed by atoms with Gasteiger partial charge in [-0.1, -0.05) is 36.8 Å². The zero-order chi connectivity index (χ0) is 16.4. The summed E-state index contributed by atoms with van der Waals surface area (Å²) in [6.07, 6.45) is 2.05. The Morgan fingerprint density at radius 1 is 1.22 bits per heavy atom. The van der Waals surface area contributed by atoms with Crippen LogP contribution < -0.4 is 10.9 Å². The number of aryl methyl sites for hydroxylation is 1. The number of nitrogens with zero attached hydrogens (tertiary/aromatic N) is 2. The van der Waals surface area contributed by atoms with Crippen LogP contribution in [-0.4, -0.2) is 21.2 Å². The Kier molecular flexibility index (Phi) is 4.12. The third kappa shape index (κ3) is 2.95. The summed E-state index contributed by atoms with van der Waals surface area (Å²) in [6, 6.07) is 8.03. The lowest BCUT2D eigenvalue weighted by atomic mass is 10.1. The van der Waals surface area contributed by atoms with Crippen molar-refractivity contribution in [1.29, 1.82) is 0 Å². The van der Waals surface area contributed by atoms with Crippen LogP contribution in [-0.2, 0) is 4.79 Å². The van der Waals surface area contributed by atoms with E-state index in [9.17, 15) is 9.59 Å². The molecule has 0 spiro atoms. The van der Waals surface area contributed by atoms with Crippen molar-refractivity contribution >= 4 is 28.1 Å². The molecule has 3 aromatic rings. The van der Waals surface area contributed by atoms with E-state index in [1.165, 1.54) is 16.9 Å². The van der Waals surface area contributed by atoms with Gasteiger partial charge in [0, 0.05) is 17.4 Å². The van der Waals surface area contributed by atoms with Crippen molar-refractivity contribution in [2.75, 3.05) is 0 Å². The van der Waals surface area contributed by atoms with Gasteiger partial charge in [0.25, 0.3) is 5.91 Å². The number of benzene rings is 1. The molecular weight excluding hydrogens is 312 g/mol. The average Bonchev–Trinajstić information content (AvgIpc) is 3.15. The molecule has 2 aromatic heterocycles. The Balaban J connectivity index is 1.96. The van der Waals surface area contributed by atoms with E-state index < -0.39 is 0 Å². The number of imidazole rings is 1. The lowest BCUT2D eigenvalue weighted by Gasteiger charge is -2.07.